The van der Waals surface area contributed by atoms with Gasteiger partial charge in [0.2, 0.25) is 5.91 Å². The number of ketones is 1. The molecule has 0 fully saturated rings. The van der Waals surface area contributed by atoms with Crippen LogP contribution in [0.15, 0.2) is 57.7 Å². The molecule has 0 atom stereocenters. The van der Waals surface area contributed by atoms with Gasteiger partial charge in [-0.15, -0.1) is 0 Å². The number of aromatic nitrogens is 2. The molecule has 0 saturated carbocycles. The Morgan fingerprint density at radius 1 is 1.19 bits per heavy atom. The molecule has 9 heteroatoms. The normalized spacial score (nSPS) is 11.1. The summed E-state index contributed by atoms with van der Waals surface area (Å²) >= 11 is 3.39. The summed E-state index contributed by atoms with van der Waals surface area (Å²) in [7, 11) is 0. The lowest BCUT2D eigenvalue weighted by Crippen LogP contribution is -2.16. The van der Waals surface area contributed by atoms with Crippen LogP contribution in [0.2, 0.25) is 0 Å². The molecule has 2 aromatic carbocycles. The van der Waals surface area contributed by atoms with Crippen molar-refractivity contribution in [1.82, 2.24) is 9.72 Å². The summed E-state index contributed by atoms with van der Waals surface area (Å²) in [4.78, 5) is 25.1. The third-order valence-corrected chi connectivity index (χ3v) is 5.15. The Morgan fingerprint density at radius 2 is 2.00 bits per heavy atom. The molecular weight excluding hydrogens is 472 g/mol. The fourth-order valence-electron chi connectivity index (χ4n) is 3.37. The number of fused-ring (bicyclic) bond motifs is 1. The summed E-state index contributed by atoms with van der Waals surface area (Å²) in [5, 5.41) is 6.08. The maximum atomic E-state index is 14.6. The van der Waals surface area contributed by atoms with Crippen molar-refractivity contribution in [2.24, 2.45) is 0 Å². The Bertz CT molecular complexity index is 1310. The highest BCUT2D eigenvalue weighted by atomic mass is 79.9. The maximum absolute atomic E-state index is 14.6. The van der Waals surface area contributed by atoms with Crippen molar-refractivity contribution in [3.63, 3.8) is 0 Å². The van der Waals surface area contributed by atoms with Gasteiger partial charge < -0.3 is 14.4 Å². The SMILES string of the molecule is Cc1cc(NC(=O)CC(=O)c2cn(Cc3cccc(Br)c3)c3cc(F)cc(F)c23)no1. The van der Waals surface area contributed by atoms with E-state index < -0.39 is 29.7 Å². The summed E-state index contributed by atoms with van der Waals surface area (Å²) in [5.74, 6) is -2.15. The Hall–Kier alpha value is -3.33. The molecule has 0 aliphatic rings. The second-order valence-corrected chi connectivity index (χ2v) is 7.97. The van der Waals surface area contributed by atoms with Crippen LogP contribution < -0.4 is 5.32 Å². The van der Waals surface area contributed by atoms with Crippen LogP contribution in [0.25, 0.3) is 10.9 Å². The van der Waals surface area contributed by atoms with E-state index in [1.807, 2.05) is 24.3 Å². The van der Waals surface area contributed by atoms with Crippen molar-refractivity contribution in [2.75, 3.05) is 5.32 Å². The molecule has 2 heterocycles. The van der Waals surface area contributed by atoms with Crippen molar-refractivity contribution in [1.29, 1.82) is 0 Å². The number of nitrogens with zero attached hydrogens (tertiary/aromatic N) is 2. The standard InChI is InChI=1S/C22H16BrF2N3O3/c1-12-5-20(27-31-12)26-21(30)9-19(29)16-11-28(10-13-3-2-4-14(23)6-13)18-8-15(24)7-17(25)22(16)18/h2-8,11H,9-10H2,1H3,(H,26,27,30). The van der Waals surface area contributed by atoms with Gasteiger partial charge in [-0.3, -0.25) is 9.59 Å². The van der Waals surface area contributed by atoms with Crippen LogP contribution in [0.4, 0.5) is 14.6 Å². The molecule has 1 N–H and O–H groups in total. The average molecular weight is 488 g/mol. The van der Waals surface area contributed by atoms with E-state index in [0.717, 1.165) is 16.1 Å². The van der Waals surface area contributed by atoms with Gasteiger partial charge >= 0.3 is 0 Å². The van der Waals surface area contributed by atoms with Gasteiger partial charge in [0, 0.05) is 40.3 Å². The van der Waals surface area contributed by atoms with Gasteiger partial charge in [-0.1, -0.05) is 33.2 Å². The minimum atomic E-state index is -0.862. The zero-order valence-corrected chi connectivity index (χ0v) is 17.9. The fourth-order valence-corrected chi connectivity index (χ4v) is 3.82. The lowest BCUT2D eigenvalue weighted by molar-refractivity contribution is -0.115. The smallest absolute Gasteiger partial charge is 0.233 e. The van der Waals surface area contributed by atoms with Crippen LogP contribution in [0.5, 0.6) is 0 Å². The molecule has 0 aliphatic heterocycles. The zero-order chi connectivity index (χ0) is 22.1. The first-order valence-electron chi connectivity index (χ1n) is 9.29. The minimum absolute atomic E-state index is 0.00831. The van der Waals surface area contributed by atoms with Gasteiger partial charge in [-0.2, -0.15) is 0 Å². The lowest BCUT2D eigenvalue weighted by Gasteiger charge is -2.06. The van der Waals surface area contributed by atoms with Gasteiger partial charge in [-0.05, 0) is 30.7 Å². The molecule has 0 unspecified atom stereocenters. The molecule has 4 aromatic rings. The van der Waals surface area contributed by atoms with Crippen LogP contribution in [-0.4, -0.2) is 21.4 Å². The summed E-state index contributed by atoms with van der Waals surface area (Å²) in [6.07, 6.45) is 0.919. The lowest BCUT2D eigenvalue weighted by atomic mass is 10.1. The number of hydrogen-bond acceptors (Lipinski definition) is 4. The van der Waals surface area contributed by atoms with Crippen LogP contribution in [-0.2, 0) is 11.3 Å². The predicted molar refractivity (Wildman–Crippen MR) is 114 cm³/mol. The molecule has 1 amide bonds. The molecule has 0 spiro atoms. The number of halogens is 3. The molecule has 0 bridgehead atoms. The molecule has 0 aliphatic carbocycles. The van der Waals surface area contributed by atoms with Crippen LogP contribution in [0.1, 0.15) is 28.1 Å². The first-order chi connectivity index (χ1) is 14.8. The van der Waals surface area contributed by atoms with Gasteiger partial charge in [-0.25, -0.2) is 8.78 Å². The molecule has 31 heavy (non-hydrogen) atoms. The average Bonchev–Trinajstić information content (AvgIpc) is 3.25. The van der Waals surface area contributed by atoms with Crippen LogP contribution >= 0.6 is 15.9 Å². The second-order valence-electron chi connectivity index (χ2n) is 7.05. The molecule has 0 radical (unpaired) electrons. The van der Waals surface area contributed by atoms with E-state index in [9.17, 15) is 18.4 Å². The van der Waals surface area contributed by atoms with Crippen molar-refractivity contribution in [3.05, 3.63) is 81.7 Å². The molecule has 0 saturated heterocycles. The number of anilines is 1. The Balaban J connectivity index is 1.66. The van der Waals surface area contributed by atoms with Crippen molar-refractivity contribution in [3.8, 4) is 0 Å². The maximum Gasteiger partial charge on any atom is 0.233 e. The molecule has 4 rings (SSSR count). The van der Waals surface area contributed by atoms with Crippen molar-refractivity contribution in [2.45, 2.75) is 19.9 Å². The van der Waals surface area contributed by atoms with Gasteiger partial charge in [0.15, 0.2) is 11.6 Å². The van der Waals surface area contributed by atoms with E-state index in [1.54, 1.807) is 11.5 Å². The first-order valence-corrected chi connectivity index (χ1v) is 10.1. The highest BCUT2D eigenvalue weighted by Crippen LogP contribution is 2.28. The topological polar surface area (TPSA) is 77.1 Å². The van der Waals surface area contributed by atoms with E-state index in [2.05, 4.69) is 26.4 Å². The van der Waals surface area contributed by atoms with Crippen LogP contribution in [0, 0.1) is 18.6 Å². The Morgan fingerprint density at radius 3 is 2.71 bits per heavy atom. The van der Waals surface area contributed by atoms with Gasteiger partial charge in [0.1, 0.15) is 17.4 Å². The second kappa shape index (κ2) is 8.43. The summed E-state index contributed by atoms with van der Waals surface area (Å²) in [5.41, 5.74) is 1.11. The van der Waals surface area contributed by atoms with Crippen molar-refractivity contribution < 1.29 is 22.9 Å². The van der Waals surface area contributed by atoms with E-state index in [0.29, 0.717) is 5.76 Å². The summed E-state index contributed by atoms with van der Waals surface area (Å²) < 4.78 is 35.9. The molecule has 158 valence electrons. The Kier molecular flexibility index (Phi) is 5.69. The quantitative estimate of drug-likeness (QED) is 0.298. The third-order valence-electron chi connectivity index (χ3n) is 4.66. The van der Waals surface area contributed by atoms with Gasteiger partial charge in [0.25, 0.3) is 0 Å². The minimum Gasteiger partial charge on any atom is -0.360 e. The van der Waals surface area contributed by atoms with E-state index in [-0.39, 0.29) is 28.8 Å². The highest BCUT2D eigenvalue weighted by molar-refractivity contribution is 9.10. The van der Waals surface area contributed by atoms with E-state index in [4.69, 9.17) is 4.52 Å². The number of carbonyl (C=O) groups excluding carboxylic acids is 2. The van der Waals surface area contributed by atoms with Crippen LogP contribution in [0.3, 0.4) is 0 Å². The highest BCUT2D eigenvalue weighted by Gasteiger charge is 2.22. The number of benzene rings is 2. The number of aryl methyl sites for hydroxylation is 1. The monoisotopic (exact) mass is 487 g/mol. The first kappa shape index (κ1) is 20.9. The summed E-state index contributed by atoms with van der Waals surface area (Å²) in [6.45, 7) is 1.95. The third kappa shape index (κ3) is 4.56. The number of carbonyl (C=O) groups is 2. The molecule has 2 aromatic heterocycles. The number of hydrogen-bond donors (Lipinski definition) is 1. The molecule has 6 nitrogen and oxygen atoms in total. The van der Waals surface area contributed by atoms with Crippen molar-refractivity contribution >= 4 is 44.3 Å². The predicted octanol–water partition coefficient (Wildman–Crippen LogP) is 5.24. The van der Waals surface area contributed by atoms with E-state index in [1.165, 1.54) is 18.3 Å². The van der Waals surface area contributed by atoms with Gasteiger partial charge in [0.05, 0.1) is 11.9 Å². The fraction of sp³-hybridized carbons (Fsp3) is 0.136. The molecular formula is C22H16BrF2N3O3. The number of amides is 1. The number of nitrogens with one attached hydrogen (secondary N) is 1. The number of Topliss-reactive ketones (excluding diaryl/α,β-unsaturated/α-hetero) is 1. The largest absolute Gasteiger partial charge is 0.360 e. The summed E-state index contributed by atoms with van der Waals surface area (Å²) in [6, 6.07) is 10.8. The number of rotatable bonds is 6. The van der Waals surface area contributed by atoms with E-state index >= 15 is 0 Å². The Labute approximate surface area is 184 Å². The zero-order valence-electron chi connectivity index (χ0n) is 16.3.